The van der Waals surface area contributed by atoms with Crippen LogP contribution in [0.1, 0.15) is 11.5 Å². The normalized spacial score (nSPS) is 23.5. The van der Waals surface area contributed by atoms with E-state index in [1.165, 1.54) is 12.1 Å². The number of ether oxygens (including phenoxy) is 1. The highest BCUT2D eigenvalue weighted by atomic mass is 35.5. The lowest BCUT2D eigenvalue weighted by Crippen LogP contribution is -2.46. The van der Waals surface area contributed by atoms with Crippen molar-refractivity contribution in [2.45, 2.75) is 18.3 Å². The number of hydrazone groups is 1. The number of hydrogen-bond donors (Lipinski definition) is 1. The van der Waals surface area contributed by atoms with Gasteiger partial charge in [-0.3, -0.25) is 0 Å². The predicted molar refractivity (Wildman–Crippen MR) is 107 cm³/mol. The SMILES string of the molecule is N#CC1=C(N)O[C@@H]2[C@@H](C(C(F)(F)F)=NN2c2ccccc2)[C@H]1c1c(Cl)cccc1Cl. The first-order valence-electron chi connectivity index (χ1n) is 8.74. The third-order valence-electron chi connectivity index (χ3n) is 5.01. The third-order valence-corrected chi connectivity index (χ3v) is 5.66. The number of para-hydroxylation sites is 1. The van der Waals surface area contributed by atoms with Crippen LogP contribution in [0.3, 0.4) is 0 Å². The molecule has 0 aliphatic carbocycles. The van der Waals surface area contributed by atoms with Crippen molar-refractivity contribution in [3.63, 3.8) is 0 Å². The standard InChI is InChI=1S/C20H13Cl2F3N4O/c21-12-7-4-8-13(22)15(12)14-11(9-26)18(27)30-19-16(14)17(20(23,24)25)28-29(19)10-5-2-1-3-6-10/h1-8,14,16,19H,27H2/t14-,16-,19-/m1/s1. The number of nitrogens with zero attached hydrogens (tertiary/aromatic N) is 3. The van der Waals surface area contributed by atoms with Gasteiger partial charge in [-0.2, -0.15) is 23.5 Å². The number of benzene rings is 2. The fourth-order valence-corrected chi connectivity index (χ4v) is 4.42. The first-order chi connectivity index (χ1) is 14.2. The number of halogens is 5. The maximum Gasteiger partial charge on any atom is 0.431 e. The summed E-state index contributed by atoms with van der Waals surface area (Å²) in [6, 6.07) is 14.7. The molecule has 30 heavy (non-hydrogen) atoms. The molecule has 0 spiro atoms. The van der Waals surface area contributed by atoms with E-state index in [-0.39, 0.29) is 27.1 Å². The lowest BCUT2D eigenvalue weighted by Gasteiger charge is -2.38. The van der Waals surface area contributed by atoms with Crippen molar-refractivity contribution < 1.29 is 17.9 Å². The van der Waals surface area contributed by atoms with Crippen LogP contribution in [-0.4, -0.2) is 18.1 Å². The van der Waals surface area contributed by atoms with Crippen LogP contribution in [0.25, 0.3) is 0 Å². The molecule has 0 aromatic heterocycles. The molecule has 2 N–H and O–H groups in total. The van der Waals surface area contributed by atoms with E-state index in [1.54, 1.807) is 36.4 Å². The number of anilines is 1. The highest BCUT2D eigenvalue weighted by molar-refractivity contribution is 6.36. The van der Waals surface area contributed by atoms with E-state index < -0.39 is 30.0 Å². The predicted octanol–water partition coefficient (Wildman–Crippen LogP) is 5.18. The Morgan fingerprint density at radius 2 is 1.70 bits per heavy atom. The average molecular weight is 453 g/mol. The molecule has 2 aliphatic rings. The number of fused-ring (bicyclic) bond motifs is 1. The van der Waals surface area contributed by atoms with Crippen molar-refractivity contribution in [2.24, 2.45) is 16.8 Å². The van der Waals surface area contributed by atoms with Crippen molar-refractivity contribution >= 4 is 34.6 Å². The average Bonchev–Trinajstić information content (AvgIpc) is 3.08. The summed E-state index contributed by atoms with van der Waals surface area (Å²) in [6.07, 6.45) is -6.02. The van der Waals surface area contributed by atoms with Gasteiger partial charge in [0.15, 0.2) is 5.71 Å². The second-order valence-electron chi connectivity index (χ2n) is 6.70. The lowest BCUT2D eigenvalue weighted by molar-refractivity contribution is -0.0658. The lowest BCUT2D eigenvalue weighted by atomic mass is 9.76. The zero-order valence-electron chi connectivity index (χ0n) is 15.1. The first kappa shape index (κ1) is 20.4. The van der Waals surface area contributed by atoms with Gasteiger partial charge >= 0.3 is 6.18 Å². The highest BCUT2D eigenvalue weighted by Gasteiger charge is 2.58. The molecule has 2 heterocycles. The molecular formula is C20H13Cl2F3N4O. The molecule has 0 amide bonds. The van der Waals surface area contributed by atoms with E-state index in [2.05, 4.69) is 5.10 Å². The Morgan fingerprint density at radius 1 is 1.07 bits per heavy atom. The van der Waals surface area contributed by atoms with E-state index in [4.69, 9.17) is 33.7 Å². The molecule has 4 rings (SSSR count). The Labute approximate surface area is 179 Å². The fourth-order valence-electron chi connectivity index (χ4n) is 3.79. The quantitative estimate of drug-likeness (QED) is 0.680. The van der Waals surface area contributed by atoms with E-state index in [0.717, 1.165) is 5.01 Å². The van der Waals surface area contributed by atoms with Crippen LogP contribution in [0.5, 0.6) is 0 Å². The smallest absolute Gasteiger partial charge is 0.431 e. The summed E-state index contributed by atoms with van der Waals surface area (Å²) >= 11 is 12.6. The Kier molecular flexibility index (Phi) is 5.04. The van der Waals surface area contributed by atoms with E-state index in [0.29, 0.717) is 5.69 Å². The van der Waals surface area contributed by atoms with Crippen LogP contribution >= 0.6 is 23.2 Å². The molecule has 0 bridgehead atoms. The van der Waals surface area contributed by atoms with Crippen molar-refractivity contribution in [3.05, 3.63) is 75.6 Å². The molecule has 10 heteroatoms. The van der Waals surface area contributed by atoms with Gasteiger partial charge in [0.2, 0.25) is 12.1 Å². The van der Waals surface area contributed by atoms with Gasteiger partial charge in [0.05, 0.1) is 17.2 Å². The second-order valence-corrected chi connectivity index (χ2v) is 7.51. The van der Waals surface area contributed by atoms with E-state index >= 15 is 0 Å². The molecule has 154 valence electrons. The number of alkyl halides is 3. The summed E-state index contributed by atoms with van der Waals surface area (Å²) in [7, 11) is 0. The van der Waals surface area contributed by atoms with Crippen molar-refractivity contribution in [3.8, 4) is 6.07 Å². The summed E-state index contributed by atoms with van der Waals surface area (Å²) in [4.78, 5) is 0. The van der Waals surface area contributed by atoms with Gasteiger partial charge in [0, 0.05) is 16.0 Å². The van der Waals surface area contributed by atoms with Crippen LogP contribution < -0.4 is 10.7 Å². The molecule has 0 radical (unpaired) electrons. The van der Waals surface area contributed by atoms with Crippen molar-refractivity contribution in [1.82, 2.24) is 0 Å². The minimum Gasteiger partial charge on any atom is -0.452 e. The molecule has 0 saturated heterocycles. The van der Waals surface area contributed by atoms with Crippen LogP contribution in [0.2, 0.25) is 10.0 Å². The van der Waals surface area contributed by atoms with Crippen LogP contribution in [0.4, 0.5) is 18.9 Å². The second kappa shape index (κ2) is 7.42. The van der Waals surface area contributed by atoms with Gasteiger partial charge in [0.25, 0.3) is 0 Å². The minimum absolute atomic E-state index is 0.119. The first-order valence-corrected chi connectivity index (χ1v) is 9.50. The van der Waals surface area contributed by atoms with Crippen LogP contribution in [0.15, 0.2) is 65.1 Å². The fraction of sp³-hybridized carbons (Fsp3) is 0.200. The minimum atomic E-state index is -4.78. The van der Waals surface area contributed by atoms with Crippen LogP contribution in [-0.2, 0) is 4.74 Å². The van der Waals surface area contributed by atoms with Crippen molar-refractivity contribution in [1.29, 1.82) is 5.26 Å². The van der Waals surface area contributed by atoms with Gasteiger partial charge in [-0.05, 0) is 29.8 Å². The molecule has 0 unspecified atom stereocenters. The van der Waals surface area contributed by atoms with Crippen LogP contribution in [0, 0.1) is 17.2 Å². The Bertz CT molecular complexity index is 1080. The Morgan fingerprint density at radius 3 is 2.27 bits per heavy atom. The molecule has 0 saturated carbocycles. The summed E-state index contributed by atoms with van der Waals surface area (Å²) in [5.41, 5.74) is 5.23. The summed E-state index contributed by atoms with van der Waals surface area (Å²) in [5.74, 6) is -2.90. The van der Waals surface area contributed by atoms with Gasteiger partial charge in [0.1, 0.15) is 6.07 Å². The summed E-state index contributed by atoms with van der Waals surface area (Å²) < 4.78 is 47.7. The largest absolute Gasteiger partial charge is 0.452 e. The topological polar surface area (TPSA) is 74.6 Å². The highest BCUT2D eigenvalue weighted by Crippen LogP contribution is 2.51. The number of rotatable bonds is 2. The molecule has 3 atom stereocenters. The van der Waals surface area contributed by atoms with Gasteiger partial charge in [-0.1, -0.05) is 47.5 Å². The number of hydrogen-bond acceptors (Lipinski definition) is 5. The van der Waals surface area contributed by atoms with Crippen molar-refractivity contribution in [2.75, 3.05) is 5.01 Å². The Hall–Kier alpha value is -2.89. The maximum atomic E-state index is 14.0. The monoisotopic (exact) mass is 452 g/mol. The van der Waals surface area contributed by atoms with Gasteiger partial charge in [-0.25, -0.2) is 5.01 Å². The number of nitrogens with two attached hydrogens (primary N) is 1. The van der Waals surface area contributed by atoms with Gasteiger partial charge in [-0.15, -0.1) is 0 Å². The number of allylic oxidation sites excluding steroid dienone is 1. The Balaban J connectivity index is 1.96. The zero-order chi connectivity index (χ0) is 21.6. The molecule has 2 aromatic carbocycles. The van der Waals surface area contributed by atoms with Gasteiger partial charge < -0.3 is 10.5 Å². The molecule has 0 fully saturated rings. The summed E-state index contributed by atoms with van der Waals surface area (Å²) in [6.45, 7) is 0. The summed E-state index contributed by atoms with van der Waals surface area (Å²) in [5, 5.41) is 14.9. The zero-order valence-corrected chi connectivity index (χ0v) is 16.6. The molecule has 5 nitrogen and oxygen atoms in total. The van der Waals surface area contributed by atoms with E-state index in [9.17, 15) is 18.4 Å². The maximum absolute atomic E-state index is 14.0. The molecule has 2 aromatic rings. The third kappa shape index (κ3) is 3.24. The molecule has 2 aliphatic heterocycles. The number of nitriles is 1. The van der Waals surface area contributed by atoms with E-state index in [1.807, 2.05) is 6.07 Å². The molecular weight excluding hydrogens is 440 g/mol.